The van der Waals surface area contributed by atoms with Crippen molar-refractivity contribution in [1.29, 1.82) is 0 Å². The lowest BCUT2D eigenvalue weighted by Gasteiger charge is -2.23. The first-order valence-electron chi connectivity index (χ1n) is 9.04. The van der Waals surface area contributed by atoms with Gasteiger partial charge in [-0.25, -0.2) is 0 Å². The maximum atomic E-state index is 12.3. The second kappa shape index (κ2) is 9.79. The molecule has 1 aliphatic rings. The number of para-hydroxylation sites is 1. The molecule has 1 heterocycles. The zero-order chi connectivity index (χ0) is 18.9. The lowest BCUT2D eigenvalue weighted by Crippen LogP contribution is -2.37. The van der Waals surface area contributed by atoms with Crippen LogP contribution in [0.3, 0.4) is 0 Å². The molecule has 0 aliphatic carbocycles. The van der Waals surface area contributed by atoms with Crippen molar-refractivity contribution in [3.05, 3.63) is 29.8 Å². The fraction of sp³-hybridized carbons (Fsp3) is 0.526. The van der Waals surface area contributed by atoms with Gasteiger partial charge in [-0.05, 0) is 38.3 Å². The van der Waals surface area contributed by atoms with Crippen molar-refractivity contribution in [2.75, 3.05) is 19.7 Å². The van der Waals surface area contributed by atoms with E-state index in [0.29, 0.717) is 43.9 Å². The Bertz CT molecular complexity index is 647. The molecule has 2 amide bonds. The van der Waals surface area contributed by atoms with Crippen LogP contribution >= 0.6 is 0 Å². The first-order valence-corrected chi connectivity index (χ1v) is 9.04. The van der Waals surface area contributed by atoms with Crippen LogP contribution in [-0.4, -0.2) is 53.5 Å². The first-order chi connectivity index (χ1) is 12.5. The van der Waals surface area contributed by atoms with Crippen LogP contribution in [0.15, 0.2) is 24.3 Å². The van der Waals surface area contributed by atoms with Gasteiger partial charge in [-0.1, -0.05) is 12.1 Å². The van der Waals surface area contributed by atoms with Gasteiger partial charge >= 0.3 is 5.97 Å². The number of hydrogen-bond acceptors (Lipinski definition) is 4. The van der Waals surface area contributed by atoms with Crippen molar-refractivity contribution < 1.29 is 24.2 Å². The van der Waals surface area contributed by atoms with Gasteiger partial charge < -0.3 is 20.1 Å². The number of carbonyl (C=O) groups excluding carboxylic acids is 2. The largest absolute Gasteiger partial charge is 0.493 e. The minimum absolute atomic E-state index is 0.00329. The number of aliphatic carboxylic acids is 1. The zero-order valence-corrected chi connectivity index (χ0v) is 15.1. The maximum absolute atomic E-state index is 12.3. The Balaban J connectivity index is 1.77. The van der Waals surface area contributed by atoms with Gasteiger partial charge in [0, 0.05) is 25.6 Å². The fourth-order valence-corrected chi connectivity index (χ4v) is 3.19. The van der Waals surface area contributed by atoms with E-state index in [0.717, 1.165) is 12.8 Å². The maximum Gasteiger partial charge on any atom is 0.305 e. The molecule has 2 N–H and O–H groups in total. The number of benzene rings is 1. The highest BCUT2D eigenvalue weighted by atomic mass is 16.5. The van der Waals surface area contributed by atoms with Gasteiger partial charge in [0.05, 0.1) is 18.6 Å². The number of carboxylic acids is 1. The quantitative estimate of drug-likeness (QED) is 0.656. The summed E-state index contributed by atoms with van der Waals surface area (Å²) in [5.74, 6) is -0.615. The van der Waals surface area contributed by atoms with Crippen LogP contribution in [0, 0.1) is 0 Å². The summed E-state index contributed by atoms with van der Waals surface area (Å²) in [6.07, 6.45) is 2.38. The molecule has 7 heteroatoms. The zero-order valence-electron chi connectivity index (χ0n) is 15.1. The summed E-state index contributed by atoms with van der Waals surface area (Å²) in [4.78, 5) is 37.1. The minimum Gasteiger partial charge on any atom is -0.493 e. The first kappa shape index (κ1) is 19.8. The number of nitrogens with one attached hydrogen (secondary N) is 1. The molecule has 1 aromatic carbocycles. The van der Waals surface area contributed by atoms with E-state index in [2.05, 4.69) is 5.32 Å². The van der Waals surface area contributed by atoms with Gasteiger partial charge in [-0.2, -0.15) is 0 Å². The number of amides is 2. The second-order valence-electron chi connectivity index (χ2n) is 6.27. The Labute approximate surface area is 153 Å². The molecular weight excluding hydrogens is 336 g/mol. The van der Waals surface area contributed by atoms with Crippen molar-refractivity contribution in [3.8, 4) is 5.75 Å². The Morgan fingerprint density at radius 1 is 1.31 bits per heavy atom. The van der Waals surface area contributed by atoms with E-state index in [-0.39, 0.29) is 24.3 Å². The molecule has 1 aliphatic heterocycles. The van der Waals surface area contributed by atoms with E-state index in [4.69, 9.17) is 9.84 Å². The Hall–Kier alpha value is -2.57. The molecule has 2 rings (SSSR count). The van der Waals surface area contributed by atoms with Gasteiger partial charge in [0.15, 0.2) is 0 Å². The summed E-state index contributed by atoms with van der Waals surface area (Å²) < 4.78 is 5.44. The molecule has 1 atom stereocenters. The third-order valence-corrected chi connectivity index (χ3v) is 4.39. The Morgan fingerprint density at radius 2 is 2.08 bits per heavy atom. The molecular formula is C19H26N2O5. The third-order valence-electron chi connectivity index (χ3n) is 4.39. The molecule has 1 saturated heterocycles. The topological polar surface area (TPSA) is 95.9 Å². The lowest BCUT2D eigenvalue weighted by molar-refractivity contribution is -0.139. The van der Waals surface area contributed by atoms with Crippen LogP contribution in [0.1, 0.15) is 49.4 Å². The molecule has 0 aromatic heterocycles. The number of nitrogens with zero attached hydrogens (tertiary/aromatic N) is 1. The van der Waals surface area contributed by atoms with Crippen molar-refractivity contribution in [2.45, 2.75) is 45.1 Å². The van der Waals surface area contributed by atoms with Gasteiger partial charge in [0.1, 0.15) is 5.75 Å². The highest BCUT2D eigenvalue weighted by Gasteiger charge is 2.29. The molecule has 1 fully saturated rings. The molecule has 7 nitrogen and oxygen atoms in total. The van der Waals surface area contributed by atoms with Crippen molar-refractivity contribution in [1.82, 2.24) is 10.2 Å². The monoisotopic (exact) mass is 362 g/mol. The summed E-state index contributed by atoms with van der Waals surface area (Å²) >= 11 is 0. The molecule has 142 valence electrons. The van der Waals surface area contributed by atoms with Gasteiger partial charge in [0.25, 0.3) is 5.91 Å². The summed E-state index contributed by atoms with van der Waals surface area (Å²) in [5.41, 5.74) is 0.474. The fourth-order valence-electron chi connectivity index (χ4n) is 3.19. The lowest BCUT2D eigenvalue weighted by atomic mass is 10.1. The molecule has 26 heavy (non-hydrogen) atoms. The Morgan fingerprint density at radius 3 is 2.81 bits per heavy atom. The van der Waals surface area contributed by atoms with E-state index in [9.17, 15) is 14.4 Å². The summed E-state index contributed by atoms with van der Waals surface area (Å²) in [6, 6.07) is 6.83. The molecule has 0 spiro atoms. The minimum atomic E-state index is -0.880. The van der Waals surface area contributed by atoms with Gasteiger partial charge in [-0.15, -0.1) is 0 Å². The molecule has 0 radical (unpaired) electrons. The summed E-state index contributed by atoms with van der Waals surface area (Å²) in [6.45, 7) is 3.33. The van der Waals surface area contributed by atoms with Gasteiger partial charge in [0.2, 0.25) is 5.91 Å². The predicted molar refractivity (Wildman–Crippen MR) is 96.2 cm³/mol. The smallest absolute Gasteiger partial charge is 0.305 e. The van der Waals surface area contributed by atoms with Crippen LogP contribution in [0.2, 0.25) is 0 Å². The second-order valence-corrected chi connectivity index (χ2v) is 6.27. The number of carboxylic acid groups (broad SMARTS) is 1. The molecule has 1 unspecified atom stereocenters. The van der Waals surface area contributed by atoms with Crippen LogP contribution in [0.25, 0.3) is 0 Å². The van der Waals surface area contributed by atoms with E-state index < -0.39 is 5.97 Å². The summed E-state index contributed by atoms with van der Waals surface area (Å²) in [5, 5.41) is 11.7. The van der Waals surface area contributed by atoms with Crippen LogP contribution in [-0.2, 0) is 9.59 Å². The average molecular weight is 362 g/mol. The van der Waals surface area contributed by atoms with Crippen LogP contribution in [0.4, 0.5) is 0 Å². The van der Waals surface area contributed by atoms with E-state index in [1.807, 2.05) is 13.0 Å². The third kappa shape index (κ3) is 5.47. The van der Waals surface area contributed by atoms with E-state index in [1.165, 1.54) is 0 Å². The molecule has 0 bridgehead atoms. The summed E-state index contributed by atoms with van der Waals surface area (Å²) in [7, 11) is 0. The van der Waals surface area contributed by atoms with Crippen LogP contribution in [0.5, 0.6) is 5.75 Å². The highest BCUT2D eigenvalue weighted by Crippen LogP contribution is 2.21. The number of hydrogen-bond donors (Lipinski definition) is 2. The number of likely N-dealkylation sites (tertiary alicyclic amines) is 1. The van der Waals surface area contributed by atoms with Gasteiger partial charge in [-0.3, -0.25) is 14.4 Å². The molecule has 0 saturated carbocycles. The number of rotatable bonds is 9. The van der Waals surface area contributed by atoms with E-state index in [1.54, 1.807) is 23.1 Å². The normalized spacial score (nSPS) is 16.3. The standard InChI is InChI=1S/C19H26N2O5/c1-2-26-16-9-4-3-8-15(16)19(25)20-11-5-10-17(22)21-12-6-7-14(21)13-18(23)24/h3-4,8-9,14H,2,5-7,10-13H2,1H3,(H,20,25)(H,23,24). The number of ether oxygens (including phenoxy) is 1. The number of carbonyl (C=O) groups is 3. The van der Waals surface area contributed by atoms with Crippen molar-refractivity contribution in [3.63, 3.8) is 0 Å². The predicted octanol–water partition coefficient (Wildman–Crippen LogP) is 2.06. The van der Waals surface area contributed by atoms with Crippen molar-refractivity contribution in [2.24, 2.45) is 0 Å². The van der Waals surface area contributed by atoms with Crippen LogP contribution < -0.4 is 10.1 Å². The Kier molecular flexibility index (Phi) is 7.44. The molecule has 1 aromatic rings. The average Bonchev–Trinajstić information content (AvgIpc) is 3.06. The van der Waals surface area contributed by atoms with Crippen molar-refractivity contribution >= 4 is 17.8 Å². The highest BCUT2D eigenvalue weighted by molar-refractivity contribution is 5.96. The SMILES string of the molecule is CCOc1ccccc1C(=O)NCCCC(=O)N1CCCC1CC(=O)O. The van der Waals surface area contributed by atoms with E-state index >= 15 is 0 Å².